The van der Waals surface area contributed by atoms with Crippen LogP contribution in [0.1, 0.15) is 26.5 Å². The third kappa shape index (κ3) is 11.2. The number of hydrogen-bond acceptors (Lipinski definition) is 17. The Balaban J connectivity index is 1.61. The molecule has 0 bridgehead atoms. The summed E-state index contributed by atoms with van der Waals surface area (Å²) in [6, 6.07) is 0. The maximum Gasteiger partial charge on any atom is 0.481 e. The molecule has 3 rings (SSSR count). The smallest absolute Gasteiger partial charge is 0.386 e. The summed E-state index contributed by atoms with van der Waals surface area (Å²) in [6.07, 6.45) is -6.74. The minimum absolute atomic E-state index is 0.0363. The topological polar surface area (TPSA) is 347 Å². The summed E-state index contributed by atoms with van der Waals surface area (Å²) < 4.78 is 61.7. The Morgan fingerprint density at radius 3 is 2.42 bits per heavy atom. The predicted molar refractivity (Wildman–Crippen MR) is 163 cm³/mol. The number of hydrogen-bond donors (Lipinski definition) is 10. The number of anilines is 1. The molecular weight excluding hydrogens is 731 g/mol. The first-order chi connectivity index (χ1) is 22.2. The Hall–Kier alpha value is -2.11. The van der Waals surface area contributed by atoms with Gasteiger partial charge in [0.05, 0.1) is 19.5 Å². The Morgan fingerprint density at radius 1 is 1.10 bits per heavy atom. The number of aliphatic hydroxyl groups excluding tert-OH is 2. The van der Waals surface area contributed by atoms with Gasteiger partial charge in [-0.05, 0) is 0 Å². The van der Waals surface area contributed by atoms with E-state index in [4.69, 9.17) is 19.5 Å². The van der Waals surface area contributed by atoms with Crippen molar-refractivity contribution in [2.45, 2.75) is 50.9 Å². The second-order valence-electron chi connectivity index (χ2n) is 10.8. The van der Waals surface area contributed by atoms with Gasteiger partial charge in [-0.15, -0.1) is 0 Å². The van der Waals surface area contributed by atoms with Gasteiger partial charge in [0.2, 0.25) is 11.8 Å². The lowest BCUT2D eigenvalue weighted by atomic mass is 9.87. The van der Waals surface area contributed by atoms with Gasteiger partial charge in [0, 0.05) is 30.7 Å². The van der Waals surface area contributed by atoms with Crippen LogP contribution in [-0.2, 0) is 45.9 Å². The third-order valence-corrected chi connectivity index (χ3v) is 9.83. The van der Waals surface area contributed by atoms with Crippen LogP contribution in [0.2, 0.25) is 0 Å². The molecular formula is C21H36N7O16P3S. The number of amides is 2. The fourth-order valence-electron chi connectivity index (χ4n) is 4.14. The predicted octanol–water partition coefficient (Wildman–Crippen LogP) is -1.67. The van der Waals surface area contributed by atoms with Crippen molar-refractivity contribution < 1.29 is 75.7 Å². The van der Waals surface area contributed by atoms with Gasteiger partial charge in [-0.25, -0.2) is 28.6 Å². The molecule has 1 saturated heterocycles. The fourth-order valence-corrected chi connectivity index (χ4v) is 7.08. The molecule has 0 aromatic carbocycles. The minimum atomic E-state index is -5.54. The Morgan fingerprint density at radius 2 is 1.77 bits per heavy atom. The molecule has 2 amide bonds. The number of phosphoric acid groups is 3. The number of nitrogens with zero attached hydrogens (tertiary/aromatic N) is 4. The summed E-state index contributed by atoms with van der Waals surface area (Å²) in [4.78, 5) is 74.6. The molecule has 1 aliphatic rings. The lowest BCUT2D eigenvalue weighted by Gasteiger charge is -2.30. The molecule has 3 heterocycles. The number of fused-ring (bicyclic) bond motifs is 1. The van der Waals surface area contributed by atoms with E-state index in [2.05, 4.69) is 47.0 Å². The van der Waals surface area contributed by atoms with Crippen molar-refractivity contribution >= 4 is 64.9 Å². The van der Waals surface area contributed by atoms with Crippen molar-refractivity contribution in [3.63, 3.8) is 0 Å². The lowest BCUT2D eigenvalue weighted by molar-refractivity contribution is -0.137. The number of rotatable bonds is 18. The second kappa shape index (κ2) is 16.3. The molecule has 1 fully saturated rings. The van der Waals surface area contributed by atoms with Crippen LogP contribution in [0.25, 0.3) is 11.2 Å². The Labute approximate surface area is 277 Å². The van der Waals surface area contributed by atoms with Crippen LogP contribution in [0.15, 0.2) is 12.7 Å². The summed E-state index contributed by atoms with van der Waals surface area (Å²) in [6.45, 7) is 0.723. The highest BCUT2D eigenvalue weighted by molar-refractivity contribution is 7.80. The zero-order valence-electron chi connectivity index (χ0n) is 25.2. The van der Waals surface area contributed by atoms with Crippen molar-refractivity contribution in [3.8, 4) is 0 Å². The van der Waals surface area contributed by atoms with Crippen LogP contribution in [0, 0.1) is 5.41 Å². The number of phosphoric ester groups is 3. The van der Waals surface area contributed by atoms with Crippen LogP contribution in [-0.4, -0.2) is 118 Å². The number of nitrogens with one attached hydrogen (secondary N) is 2. The van der Waals surface area contributed by atoms with Gasteiger partial charge in [0.25, 0.3) is 0 Å². The van der Waals surface area contributed by atoms with Crippen LogP contribution in [0.5, 0.6) is 0 Å². The molecule has 2 aromatic rings. The summed E-state index contributed by atoms with van der Waals surface area (Å²) >= 11 is 3.95. The molecule has 10 N–H and O–H groups in total. The molecule has 0 spiro atoms. The maximum atomic E-state index is 12.6. The summed E-state index contributed by atoms with van der Waals surface area (Å²) in [5.41, 5.74) is 4.30. The number of thiol groups is 1. The Bertz CT molecular complexity index is 1590. The molecule has 27 heteroatoms. The zero-order chi connectivity index (χ0) is 36.1. The number of aliphatic hydroxyl groups is 2. The normalized spacial score (nSPS) is 23.4. The molecule has 5 unspecified atom stereocenters. The van der Waals surface area contributed by atoms with Crippen LogP contribution in [0.4, 0.5) is 5.82 Å². The van der Waals surface area contributed by atoms with Crippen molar-refractivity contribution in [2.24, 2.45) is 5.41 Å². The second-order valence-corrected chi connectivity index (χ2v) is 15.5. The highest BCUT2D eigenvalue weighted by Gasteiger charge is 2.50. The first-order valence-electron chi connectivity index (χ1n) is 13.7. The van der Waals surface area contributed by atoms with E-state index in [-0.39, 0.29) is 35.9 Å². The van der Waals surface area contributed by atoms with E-state index < -0.39 is 78.6 Å². The number of ether oxygens (including phenoxy) is 1. The van der Waals surface area contributed by atoms with E-state index in [0.717, 1.165) is 17.2 Å². The first-order valence-corrected chi connectivity index (χ1v) is 18.8. The van der Waals surface area contributed by atoms with Gasteiger partial charge < -0.3 is 50.9 Å². The number of aromatic nitrogens is 4. The van der Waals surface area contributed by atoms with Crippen molar-refractivity contribution in [2.75, 3.05) is 37.8 Å². The molecule has 272 valence electrons. The number of imidazole rings is 1. The summed E-state index contributed by atoms with van der Waals surface area (Å²) in [5, 5.41) is 26.1. The number of nitrogens with two attached hydrogens (primary N) is 1. The van der Waals surface area contributed by atoms with Crippen LogP contribution < -0.4 is 16.4 Å². The van der Waals surface area contributed by atoms with Crippen molar-refractivity contribution in [1.29, 1.82) is 0 Å². The first kappa shape index (κ1) is 40.3. The van der Waals surface area contributed by atoms with Gasteiger partial charge in [-0.3, -0.25) is 27.7 Å². The van der Waals surface area contributed by atoms with Gasteiger partial charge in [-0.1, -0.05) is 13.8 Å². The van der Waals surface area contributed by atoms with E-state index in [0.29, 0.717) is 12.3 Å². The molecule has 0 saturated carbocycles. The van der Waals surface area contributed by atoms with Gasteiger partial charge in [0.15, 0.2) is 17.7 Å². The molecule has 2 aromatic heterocycles. The monoisotopic (exact) mass is 767 g/mol. The van der Waals surface area contributed by atoms with E-state index >= 15 is 0 Å². The van der Waals surface area contributed by atoms with E-state index in [1.807, 2.05) is 0 Å². The zero-order valence-corrected chi connectivity index (χ0v) is 28.8. The number of carbonyl (C=O) groups excluding carboxylic acids is 2. The molecule has 7 atom stereocenters. The van der Waals surface area contributed by atoms with Crippen LogP contribution >= 0.6 is 36.1 Å². The lowest BCUT2D eigenvalue weighted by Crippen LogP contribution is -2.46. The summed E-state index contributed by atoms with van der Waals surface area (Å²) in [5.74, 6) is -0.943. The van der Waals surface area contributed by atoms with Crippen molar-refractivity contribution in [1.82, 2.24) is 30.2 Å². The van der Waals surface area contributed by atoms with E-state index in [1.165, 1.54) is 13.8 Å². The van der Waals surface area contributed by atoms with Gasteiger partial charge in [-0.2, -0.15) is 16.9 Å². The minimum Gasteiger partial charge on any atom is -0.386 e. The molecule has 48 heavy (non-hydrogen) atoms. The average molecular weight is 768 g/mol. The standard InChI is InChI=1S/C21H36N7O16P3S/c1-21(2,16(31)19(32)24-4-3-12(29)23-5-6-48)8-41-47(38,39)44-46(36,37)40-7-11-15(43-45(33,34)35)14(30)20(42-11)28-10-27-13-17(22)25-9-26-18(13)28/h9-11,14-16,20,30-31,48H,3-8H2,1-2H3,(H,23,29)(H,24,32)(H,36,37)(H,38,39)(H2,22,25,26)(H2,33,34,35)/t11?,14-,15-,16?,20?/m1/s1. The average Bonchev–Trinajstić information content (AvgIpc) is 3.54. The Kier molecular flexibility index (Phi) is 13.7. The number of carbonyl (C=O) groups is 2. The molecule has 1 aliphatic heterocycles. The molecule has 0 radical (unpaired) electrons. The van der Waals surface area contributed by atoms with Gasteiger partial charge in [0.1, 0.15) is 36.3 Å². The van der Waals surface area contributed by atoms with Gasteiger partial charge >= 0.3 is 23.5 Å². The van der Waals surface area contributed by atoms with Crippen LogP contribution in [0.3, 0.4) is 0 Å². The SMILES string of the molecule is CC(C)(COP(=O)(O)OP(=O)(O)OCC1OC(n2cnc3c(N)ncnc32)[C@H](O)[C@@H]1OP(=O)(O)O)C(O)C(=O)NCCC(=O)NCCS. The maximum absolute atomic E-state index is 12.6. The molecule has 0 aliphatic carbocycles. The quantitative estimate of drug-likeness (QED) is 0.0599. The highest BCUT2D eigenvalue weighted by atomic mass is 32.1. The largest absolute Gasteiger partial charge is 0.481 e. The summed E-state index contributed by atoms with van der Waals surface area (Å²) in [7, 11) is -16.3. The third-order valence-electron chi connectivity index (χ3n) is 6.51. The van der Waals surface area contributed by atoms with Crippen molar-refractivity contribution in [3.05, 3.63) is 12.7 Å². The molecule has 23 nitrogen and oxygen atoms in total. The fraction of sp³-hybridized carbons (Fsp3) is 0.667. The van der Waals surface area contributed by atoms with E-state index in [1.54, 1.807) is 0 Å². The number of nitrogen functional groups attached to an aromatic ring is 1. The highest BCUT2D eigenvalue weighted by Crippen LogP contribution is 2.61. The van der Waals surface area contributed by atoms with E-state index in [9.17, 15) is 53.1 Å².